The molecular formula is C19H18ClN3O4S. The van der Waals surface area contributed by atoms with Crippen LogP contribution in [0.4, 0.5) is 10.7 Å². The molecule has 0 radical (unpaired) electrons. The minimum absolute atomic E-state index is 0.0242. The fourth-order valence-corrected chi connectivity index (χ4v) is 4.80. The molecule has 0 bridgehead atoms. The van der Waals surface area contributed by atoms with Crippen molar-refractivity contribution in [3.63, 3.8) is 0 Å². The topological polar surface area (TPSA) is 115 Å². The summed E-state index contributed by atoms with van der Waals surface area (Å²) >= 11 is 7.16. The van der Waals surface area contributed by atoms with Crippen LogP contribution in [0.3, 0.4) is 0 Å². The fourth-order valence-electron chi connectivity index (χ4n) is 3.20. The number of hydrogen-bond donors (Lipinski definition) is 2. The van der Waals surface area contributed by atoms with Gasteiger partial charge in [-0.3, -0.25) is 19.7 Å². The summed E-state index contributed by atoms with van der Waals surface area (Å²) in [5.74, 6) is -0.484. The van der Waals surface area contributed by atoms with Gasteiger partial charge in [0.25, 0.3) is 11.6 Å². The number of nitrogens with two attached hydrogens (primary N) is 1. The first-order valence-corrected chi connectivity index (χ1v) is 9.83. The van der Waals surface area contributed by atoms with E-state index >= 15 is 0 Å². The lowest BCUT2D eigenvalue weighted by Crippen LogP contribution is -2.18. The maximum Gasteiger partial charge on any atom is 0.288 e. The second-order valence-electron chi connectivity index (χ2n) is 6.71. The summed E-state index contributed by atoms with van der Waals surface area (Å²) in [6.45, 7) is 2.15. The Labute approximate surface area is 170 Å². The third-order valence-corrected chi connectivity index (χ3v) is 6.08. The van der Waals surface area contributed by atoms with E-state index in [2.05, 4.69) is 12.2 Å². The number of nitrogens with zero attached hydrogens (tertiary/aromatic N) is 1. The van der Waals surface area contributed by atoms with Gasteiger partial charge in [0.15, 0.2) is 0 Å². The van der Waals surface area contributed by atoms with Crippen molar-refractivity contribution in [3.05, 3.63) is 61.0 Å². The number of benzene rings is 1. The van der Waals surface area contributed by atoms with E-state index in [0.29, 0.717) is 22.0 Å². The Bertz CT molecular complexity index is 999. The number of anilines is 1. The Morgan fingerprint density at radius 2 is 2.18 bits per heavy atom. The molecule has 0 fully saturated rings. The van der Waals surface area contributed by atoms with Crippen molar-refractivity contribution in [2.24, 2.45) is 11.7 Å². The van der Waals surface area contributed by atoms with Crippen molar-refractivity contribution >= 4 is 51.5 Å². The maximum atomic E-state index is 12.3. The van der Waals surface area contributed by atoms with E-state index in [1.54, 1.807) is 6.07 Å². The predicted octanol–water partition coefficient (Wildman–Crippen LogP) is 4.19. The van der Waals surface area contributed by atoms with Crippen molar-refractivity contribution in [1.29, 1.82) is 0 Å². The molecule has 1 aromatic carbocycles. The third-order valence-electron chi connectivity index (χ3n) is 4.59. The van der Waals surface area contributed by atoms with Gasteiger partial charge < -0.3 is 11.1 Å². The predicted molar refractivity (Wildman–Crippen MR) is 110 cm³/mol. The van der Waals surface area contributed by atoms with Crippen LogP contribution in [0.25, 0.3) is 6.08 Å². The van der Waals surface area contributed by atoms with Gasteiger partial charge in [-0.15, -0.1) is 11.3 Å². The van der Waals surface area contributed by atoms with Gasteiger partial charge >= 0.3 is 0 Å². The number of hydrogen-bond acceptors (Lipinski definition) is 5. The molecule has 1 aliphatic carbocycles. The lowest BCUT2D eigenvalue weighted by Gasteiger charge is -2.18. The normalized spacial score (nSPS) is 16.0. The molecule has 28 heavy (non-hydrogen) atoms. The quantitative estimate of drug-likeness (QED) is 0.429. The van der Waals surface area contributed by atoms with E-state index < -0.39 is 16.7 Å². The molecule has 9 heteroatoms. The molecule has 3 N–H and O–H groups in total. The molecule has 0 unspecified atom stereocenters. The Morgan fingerprint density at radius 1 is 1.43 bits per heavy atom. The van der Waals surface area contributed by atoms with E-state index in [9.17, 15) is 19.7 Å². The van der Waals surface area contributed by atoms with Gasteiger partial charge in [0.05, 0.1) is 10.5 Å². The van der Waals surface area contributed by atoms with Crippen LogP contribution in [-0.4, -0.2) is 16.7 Å². The summed E-state index contributed by atoms with van der Waals surface area (Å²) < 4.78 is 0. The number of fused-ring (bicyclic) bond motifs is 1. The number of nitrogens with one attached hydrogen (secondary N) is 1. The molecular weight excluding hydrogens is 402 g/mol. The maximum absolute atomic E-state index is 12.3. The number of nitro groups is 1. The van der Waals surface area contributed by atoms with E-state index in [1.165, 1.54) is 35.6 Å². The molecule has 0 saturated carbocycles. The first-order valence-electron chi connectivity index (χ1n) is 8.63. The standard InChI is InChI=1S/C19H18ClN3O4S/c1-10-2-5-12-15(8-10)28-19(17(12)18(21)25)22-16(24)7-4-11-3-6-13(20)14(9-11)23(26)27/h3-4,6-7,9-10H,2,5,8H2,1H3,(H2,21,25)(H,22,24)/b7-4+/t10-/m0/s1. The van der Waals surface area contributed by atoms with Gasteiger partial charge in [0, 0.05) is 17.0 Å². The van der Waals surface area contributed by atoms with Crippen LogP contribution >= 0.6 is 22.9 Å². The number of thiophene rings is 1. The number of rotatable bonds is 5. The molecule has 3 rings (SSSR count). The molecule has 1 atom stereocenters. The Hall–Kier alpha value is -2.71. The number of carbonyl (C=O) groups is 2. The van der Waals surface area contributed by atoms with E-state index in [1.807, 2.05) is 0 Å². The van der Waals surface area contributed by atoms with E-state index in [4.69, 9.17) is 17.3 Å². The lowest BCUT2D eigenvalue weighted by molar-refractivity contribution is -0.384. The molecule has 0 saturated heterocycles. The Morgan fingerprint density at radius 3 is 2.86 bits per heavy atom. The molecule has 2 aromatic rings. The molecule has 1 aromatic heterocycles. The van der Waals surface area contributed by atoms with Crippen LogP contribution in [0.2, 0.25) is 5.02 Å². The number of primary amides is 1. The molecule has 0 spiro atoms. The van der Waals surface area contributed by atoms with Crippen LogP contribution in [0.5, 0.6) is 0 Å². The van der Waals surface area contributed by atoms with Crippen LogP contribution in [0, 0.1) is 16.0 Å². The largest absolute Gasteiger partial charge is 0.365 e. The summed E-state index contributed by atoms with van der Waals surface area (Å²) in [7, 11) is 0. The Balaban J connectivity index is 1.80. The molecule has 146 valence electrons. The van der Waals surface area contributed by atoms with E-state index in [0.717, 1.165) is 29.7 Å². The van der Waals surface area contributed by atoms with E-state index in [-0.39, 0.29) is 10.7 Å². The minimum Gasteiger partial charge on any atom is -0.365 e. The highest BCUT2D eigenvalue weighted by Crippen LogP contribution is 2.39. The van der Waals surface area contributed by atoms with Crippen molar-refractivity contribution in [1.82, 2.24) is 0 Å². The summed E-state index contributed by atoms with van der Waals surface area (Å²) in [4.78, 5) is 35.7. The number of halogens is 1. The molecule has 7 nitrogen and oxygen atoms in total. The zero-order chi connectivity index (χ0) is 20.4. The zero-order valence-electron chi connectivity index (χ0n) is 15.0. The molecule has 2 amide bonds. The molecule has 0 aliphatic heterocycles. The Kier molecular flexibility index (Phi) is 5.81. The average Bonchev–Trinajstić information content (AvgIpc) is 2.97. The second kappa shape index (κ2) is 8.12. The number of amides is 2. The van der Waals surface area contributed by atoms with Gasteiger partial charge in [0.2, 0.25) is 5.91 Å². The highest BCUT2D eigenvalue weighted by Gasteiger charge is 2.26. The van der Waals surface area contributed by atoms with Gasteiger partial charge in [-0.05, 0) is 48.4 Å². The highest BCUT2D eigenvalue weighted by atomic mass is 35.5. The monoisotopic (exact) mass is 419 g/mol. The fraction of sp³-hybridized carbons (Fsp3) is 0.263. The summed E-state index contributed by atoms with van der Waals surface area (Å²) in [5, 5.41) is 14.1. The van der Waals surface area contributed by atoms with Crippen LogP contribution in [0.1, 0.15) is 39.7 Å². The van der Waals surface area contributed by atoms with Crippen molar-refractivity contribution in [2.75, 3.05) is 5.32 Å². The van der Waals surface area contributed by atoms with Crippen molar-refractivity contribution in [2.45, 2.75) is 26.2 Å². The first kappa shape index (κ1) is 20.0. The smallest absolute Gasteiger partial charge is 0.288 e. The van der Waals surface area contributed by atoms with Gasteiger partial charge in [0.1, 0.15) is 10.0 Å². The third kappa shape index (κ3) is 4.23. The zero-order valence-corrected chi connectivity index (χ0v) is 16.6. The SMILES string of the molecule is C[C@H]1CCc2c(sc(NC(=O)/C=C/c3ccc(Cl)c([N+](=O)[O-])c3)c2C(N)=O)C1. The van der Waals surface area contributed by atoms with Crippen LogP contribution < -0.4 is 11.1 Å². The minimum atomic E-state index is -0.587. The van der Waals surface area contributed by atoms with Gasteiger partial charge in [-0.25, -0.2) is 0 Å². The summed E-state index contributed by atoms with van der Waals surface area (Å²) in [6.07, 6.45) is 5.30. The number of nitro benzene ring substituents is 1. The highest BCUT2D eigenvalue weighted by molar-refractivity contribution is 7.17. The van der Waals surface area contributed by atoms with Crippen molar-refractivity contribution in [3.8, 4) is 0 Å². The van der Waals surface area contributed by atoms with Crippen molar-refractivity contribution < 1.29 is 14.5 Å². The van der Waals surface area contributed by atoms with Crippen LogP contribution in [0.15, 0.2) is 24.3 Å². The summed E-state index contributed by atoms with van der Waals surface area (Å²) in [6, 6.07) is 4.25. The molecule has 1 heterocycles. The van der Waals surface area contributed by atoms with Gasteiger partial charge in [-0.2, -0.15) is 0 Å². The first-order chi connectivity index (χ1) is 13.3. The lowest BCUT2D eigenvalue weighted by atomic mass is 9.88. The van der Waals surface area contributed by atoms with Gasteiger partial charge in [-0.1, -0.05) is 24.6 Å². The van der Waals surface area contributed by atoms with Crippen LogP contribution in [-0.2, 0) is 17.6 Å². The molecule has 1 aliphatic rings. The summed E-state index contributed by atoms with van der Waals surface area (Å²) in [5.41, 5.74) is 7.08. The number of carbonyl (C=O) groups excluding carboxylic acids is 2. The average molecular weight is 420 g/mol. The second-order valence-corrected chi connectivity index (χ2v) is 8.22.